The van der Waals surface area contributed by atoms with Crippen LogP contribution < -0.4 is 16.4 Å². The molecule has 2 aromatic heterocycles. The number of nitrogens with two attached hydrogens (primary N) is 1. The first-order valence-corrected chi connectivity index (χ1v) is 9.56. The van der Waals surface area contributed by atoms with Gasteiger partial charge in [-0.05, 0) is 31.2 Å². The number of rotatable bonds is 5. The number of fused-ring (bicyclic) bond motifs is 3. The van der Waals surface area contributed by atoms with Crippen LogP contribution in [0, 0.1) is 0 Å². The molecule has 0 fully saturated rings. The summed E-state index contributed by atoms with van der Waals surface area (Å²) in [6.07, 6.45) is 4.51. The van der Waals surface area contributed by atoms with E-state index < -0.39 is 0 Å². The van der Waals surface area contributed by atoms with E-state index in [4.69, 9.17) is 5.73 Å². The highest BCUT2D eigenvalue weighted by Gasteiger charge is 2.20. The van der Waals surface area contributed by atoms with E-state index >= 15 is 0 Å². The number of nitrogens with zero attached hydrogens (tertiary/aromatic N) is 2. The Balaban J connectivity index is 1.69. The van der Waals surface area contributed by atoms with E-state index in [1.165, 1.54) is 42.1 Å². The predicted octanol–water partition coefficient (Wildman–Crippen LogP) is 1.11. The number of amides is 2. The van der Waals surface area contributed by atoms with Gasteiger partial charge < -0.3 is 16.4 Å². The summed E-state index contributed by atoms with van der Waals surface area (Å²) >= 11 is 2.90. The van der Waals surface area contributed by atoms with Gasteiger partial charge in [0.15, 0.2) is 5.16 Å². The van der Waals surface area contributed by atoms with E-state index in [1.54, 1.807) is 11.3 Å². The Kier molecular flexibility index (Phi) is 5.20. The molecule has 0 saturated heterocycles. The summed E-state index contributed by atoms with van der Waals surface area (Å²) in [5, 5.41) is 6.47. The predicted molar refractivity (Wildman–Crippen MR) is 96.3 cm³/mol. The van der Waals surface area contributed by atoms with Crippen molar-refractivity contribution in [3.8, 4) is 0 Å². The maximum Gasteiger partial charge on any atom is 0.239 e. The van der Waals surface area contributed by atoms with Crippen LogP contribution in [0.1, 0.15) is 23.3 Å². The summed E-state index contributed by atoms with van der Waals surface area (Å²) < 4.78 is 0. The number of nitrogen functional groups attached to an aromatic ring is 1. The number of carbonyl (C=O) groups excluding carboxylic acids is 2. The van der Waals surface area contributed by atoms with E-state index in [1.807, 2.05) is 0 Å². The van der Waals surface area contributed by atoms with Crippen molar-refractivity contribution in [2.75, 3.05) is 25.1 Å². The molecule has 7 nitrogen and oxygen atoms in total. The van der Waals surface area contributed by atoms with Crippen LogP contribution in [0.15, 0.2) is 5.16 Å². The molecule has 3 rings (SSSR count). The highest BCUT2D eigenvalue weighted by atomic mass is 32.2. The summed E-state index contributed by atoms with van der Waals surface area (Å²) in [7, 11) is 1.52. The van der Waals surface area contributed by atoms with Crippen molar-refractivity contribution < 1.29 is 9.59 Å². The van der Waals surface area contributed by atoms with E-state index in [9.17, 15) is 9.59 Å². The number of hydrogen-bond acceptors (Lipinski definition) is 7. The first-order chi connectivity index (χ1) is 11.6. The number of likely N-dealkylation sites (N-methyl/N-ethyl adjacent to an activating group) is 1. The molecular formula is C15H19N5O2S2. The fourth-order valence-electron chi connectivity index (χ4n) is 2.68. The molecule has 0 bridgehead atoms. The van der Waals surface area contributed by atoms with Gasteiger partial charge in [-0.25, -0.2) is 9.97 Å². The standard InChI is InChI=1S/C15H19N5O2S2/c1-17-10(21)6-18-11(22)7-23-15-19-13(16)12-8-4-2-3-5-9(8)24-14(12)20-15/h2-7H2,1H3,(H,17,21)(H,18,22)(H2,16,19,20). The van der Waals surface area contributed by atoms with Crippen LogP contribution in [0.5, 0.6) is 0 Å². The maximum absolute atomic E-state index is 11.7. The Bertz CT molecular complexity index is 790. The summed E-state index contributed by atoms with van der Waals surface area (Å²) in [6, 6.07) is 0. The Morgan fingerprint density at radius 1 is 1.25 bits per heavy atom. The molecular weight excluding hydrogens is 346 g/mol. The summed E-state index contributed by atoms with van der Waals surface area (Å²) in [6.45, 7) is -0.0322. The van der Waals surface area contributed by atoms with E-state index in [0.717, 1.165) is 23.1 Å². The van der Waals surface area contributed by atoms with Gasteiger partial charge in [-0.3, -0.25) is 9.59 Å². The zero-order valence-electron chi connectivity index (χ0n) is 13.3. The molecule has 1 aliphatic rings. The monoisotopic (exact) mass is 365 g/mol. The highest BCUT2D eigenvalue weighted by Crippen LogP contribution is 2.38. The van der Waals surface area contributed by atoms with Gasteiger partial charge in [0, 0.05) is 11.9 Å². The van der Waals surface area contributed by atoms with Crippen molar-refractivity contribution in [1.29, 1.82) is 0 Å². The number of anilines is 1. The molecule has 2 heterocycles. The van der Waals surface area contributed by atoms with E-state index in [-0.39, 0.29) is 24.1 Å². The molecule has 0 aliphatic heterocycles. The fourth-order valence-corrected chi connectivity index (χ4v) is 4.69. The molecule has 2 aromatic rings. The third-order valence-corrected chi connectivity index (χ3v) is 5.91. The van der Waals surface area contributed by atoms with Crippen molar-refractivity contribution in [2.45, 2.75) is 30.8 Å². The third-order valence-electron chi connectivity index (χ3n) is 3.88. The first-order valence-electron chi connectivity index (χ1n) is 7.76. The minimum absolute atomic E-state index is 0.0322. The average molecular weight is 365 g/mol. The Labute approximate surface area is 147 Å². The zero-order valence-corrected chi connectivity index (χ0v) is 15.0. The molecule has 0 radical (unpaired) electrons. The number of hydrogen-bond donors (Lipinski definition) is 3. The fraction of sp³-hybridized carbons (Fsp3) is 0.467. The summed E-state index contributed by atoms with van der Waals surface area (Å²) in [5.74, 6) is 0.163. The van der Waals surface area contributed by atoms with Crippen LogP contribution in [-0.2, 0) is 22.4 Å². The van der Waals surface area contributed by atoms with Gasteiger partial charge in [0.25, 0.3) is 0 Å². The van der Waals surface area contributed by atoms with Crippen molar-refractivity contribution in [3.05, 3.63) is 10.4 Å². The molecule has 128 valence electrons. The van der Waals surface area contributed by atoms with E-state index in [0.29, 0.717) is 11.0 Å². The number of aromatic nitrogens is 2. The minimum atomic E-state index is -0.239. The smallest absolute Gasteiger partial charge is 0.239 e. The summed E-state index contributed by atoms with van der Waals surface area (Å²) in [5.41, 5.74) is 7.44. The maximum atomic E-state index is 11.7. The Morgan fingerprint density at radius 2 is 2.04 bits per heavy atom. The van der Waals surface area contributed by atoms with Crippen LogP contribution >= 0.6 is 23.1 Å². The Morgan fingerprint density at radius 3 is 2.83 bits per heavy atom. The lowest BCUT2D eigenvalue weighted by atomic mass is 9.97. The number of aryl methyl sites for hydroxylation is 2. The van der Waals surface area contributed by atoms with Gasteiger partial charge in [-0.15, -0.1) is 11.3 Å². The lowest BCUT2D eigenvalue weighted by molar-refractivity contribution is -0.124. The molecule has 0 spiro atoms. The molecule has 0 atom stereocenters. The topological polar surface area (TPSA) is 110 Å². The second-order valence-corrected chi connectivity index (χ2v) is 7.55. The van der Waals surface area contributed by atoms with E-state index in [2.05, 4.69) is 20.6 Å². The van der Waals surface area contributed by atoms with Crippen molar-refractivity contribution in [3.63, 3.8) is 0 Å². The molecule has 0 saturated carbocycles. The molecule has 1 aliphatic carbocycles. The normalized spacial score (nSPS) is 13.5. The molecule has 0 unspecified atom stereocenters. The molecule has 24 heavy (non-hydrogen) atoms. The first kappa shape index (κ1) is 17.0. The SMILES string of the molecule is CNC(=O)CNC(=O)CSc1nc(N)c2c3c(sc2n1)CCCC3. The van der Waals surface area contributed by atoms with Crippen molar-refractivity contribution in [1.82, 2.24) is 20.6 Å². The second kappa shape index (κ2) is 7.35. The summed E-state index contributed by atoms with van der Waals surface area (Å²) in [4.78, 5) is 34.0. The number of thiophene rings is 1. The average Bonchev–Trinajstić information content (AvgIpc) is 2.96. The molecule has 2 amide bonds. The van der Waals surface area contributed by atoms with Gasteiger partial charge in [0.1, 0.15) is 10.6 Å². The van der Waals surface area contributed by atoms with Crippen LogP contribution in [-0.4, -0.2) is 41.1 Å². The number of thioether (sulfide) groups is 1. The van der Waals surface area contributed by atoms with Gasteiger partial charge in [0.2, 0.25) is 11.8 Å². The van der Waals surface area contributed by atoms with Crippen LogP contribution in [0.2, 0.25) is 0 Å². The molecule has 4 N–H and O–H groups in total. The van der Waals surface area contributed by atoms with Gasteiger partial charge >= 0.3 is 0 Å². The Hall–Kier alpha value is -1.87. The van der Waals surface area contributed by atoms with Crippen molar-refractivity contribution >= 4 is 50.9 Å². The van der Waals surface area contributed by atoms with Gasteiger partial charge in [-0.2, -0.15) is 0 Å². The molecule has 9 heteroatoms. The third kappa shape index (κ3) is 3.62. The quantitative estimate of drug-likeness (QED) is 0.541. The van der Waals surface area contributed by atoms with Crippen LogP contribution in [0.4, 0.5) is 5.82 Å². The highest BCUT2D eigenvalue weighted by molar-refractivity contribution is 7.99. The number of carbonyl (C=O) groups is 2. The van der Waals surface area contributed by atoms with Crippen LogP contribution in [0.3, 0.4) is 0 Å². The second-order valence-electron chi connectivity index (χ2n) is 5.52. The number of nitrogens with one attached hydrogen (secondary N) is 2. The zero-order chi connectivity index (χ0) is 17.1. The largest absolute Gasteiger partial charge is 0.383 e. The lowest BCUT2D eigenvalue weighted by Crippen LogP contribution is -2.36. The lowest BCUT2D eigenvalue weighted by Gasteiger charge is -2.10. The molecule has 0 aromatic carbocycles. The van der Waals surface area contributed by atoms with Crippen LogP contribution in [0.25, 0.3) is 10.2 Å². The van der Waals surface area contributed by atoms with Crippen molar-refractivity contribution in [2.24, 2.45) is 0 Å². The minimum Gasteiger partial charge on any atom is -0.383 e. The van der Waals surface area contributed by atoms with Gasteiger partial charge in [-0.1, -0.05) is 11.8 Å². The van der Waals surface area contributed by atoms with Gasteiger partial charge in [0.05, 0.1) is 17.7 Å².